The van der Waals surface area contributed by atoms with Gasteiger partial charge in [-0.25, -0.2) is 0 Å². The Kier molecular flexibility index (Phi) is 11.8. The molecular formula is C21H28F2IN3O4. The molecule has 0 amide bonds. The van der Waals surface area contributed by atoms with Crippen LogP contribution in [0.15, 0.2) is 41.4 Å². The highest BCUT2D eigenvalue weighted by Crippen LogP contribution is 2.26. The maximum absolute atomic E-state index is 12.7. The van der Waals surface area contributed by atoms with Gasteiger partial charge in [-0.2, -0.15) is 8.78 Å². The van der Waals surface area contributed by atoms with Gasteiger partial charge in [0, 0.05) is 25.7 Å². The van der Waals surface area contributed by atoms with E-state index in [4.69, 9.17) is 14.2 Å². The van der Waals surface area contributed by atoms with Crippen molar-refractivity contribution in [1.82, 2.24) is 10.6 Å². The molecule has 0 bridgehead atoms. The normalized spacial score (nSPS) is 10.9. The Labute approximate surface area is 198 Å². The number of rotatable bonds is 10. The number of guanidine groups is 1. The number of halogens is 3. The molecule has 7 nitrogen and oxygen atoms in total. The second kappa shape index (κ2) is 13.7. The van der Waals surface area contributed by atoms with E-state index in [2.05, 4.69) is 20.4 Å². The highest BCUT2D eigenvalue weighted by atomic mass is 127. The van der Waals surface area contributed by atoms with E-state index < -0.39 is 6.61 Å². The van der Waals surface area contributed by atoms with Crippen molar-refractivity contribution < 1.29 is 27.7 Å². The average Bonchev–Trinajstić information content (AvgIpc) is 2.76. The number of nitrogens with zero attached hydrogens (tertiary/aromatic N) is 1. The van der Waals surface area contributed by atoms with Gasteiger partial charge in [-0.3, -0.25) is 4.99 Å². The van der Waals surface area contributed by atoms with E-state index >= 15 is 0 Å². The first-order chi connectivity index (χ1) is 14.5. The summed E-state index contributed by atoms with van der Waals surface area (Å²) in [5.74, 6) is 2.66. The number of alkyl halides is 2. The van der Waals surface area contributed by atoms with Crippen LogP contribution < -0.4 is 29.6 Å². The van der Waals surface area contributed by atoms with Gasteiger partial charge in [0.2, 0.25) is 0 Å². The molecule has 172 valence electrons. The molecule has 0 radical (unpaired) electrons. The summed E-state index contributed by atoms with van der Waals surface area (Å²) in [7, 11) is 6.36. The van der Waals surface area contributed by atoms with Crippen LogP contribution >= 0.6 is 24.0 Å². The van der Waals surface area contributed by atoms with Crippen LogP contribution in [0.4, 0.5) is 8.78 Å². The Bertz CT molecular complexity index is 853. The van der Waals surface area contributed by atoms with Crippen LogP contribution in [0, 0.1) is 0 Å². The monoisotopic (exact) mass is 551 g/mol. The Balaban J connectivity index is 0.00000480. The van der Waals surface area contributed by atoms with Gasteiger partial charge in [0.1, 0.15) is 23.0 Å². The van der Waals surface area contributed by atoms with E-state index in [-0.39, 0.29) is 36.3 Å². The van der Waals surface area contributed by atoms with E-state index in [0.29, 0.717) is 30.2 Å². The first-order valence-corrected chi connectivity index (χ1v) is 9.27. The number of hydrogen-bond acceptors (Lipinski definition) is 5. The summed E-state index contributed by atoms with van der Waals surface area (Å²) in [5.41, 5.74) is 1.51. The number of ether oxygens (including phenoxy) is 4. The van der Waals surface area contributed by atoms with Gasteiger partial charge < -0.3 is 29.6 Å². The maximum Gasteiger partial charge on any atom is 0.387 e. The first kappa shape index (κ1) is 26.5. The van der Waals surface area contributed by atoms with E-state index in [1.807, 2.05) is 18.2 Å². The molecule has 0 unspecified atom stereocenters. The number of aliphatic imine (C=N–C) groups is 1. The van der Waals surface area contributed by atoms with E-state index in [1.54, 1.807) is 33.4 Å². The minimum Gasteiger partial charge on any atom is -0.497 e. The molecule has 0 heterocycles. The van der Waals surface area contributed by atoms with Crippen molar-refractivity contribution in [3.8, 4) is 23.0 Å². The fourth-order valence-electron chi connectivity index (χ4n) is 2.82. The molecule has 0 aliphatic rings. The molecule has 2 rings (SSSR count). The summed E-state index contributed by atoms with van der Waals surface area (Å²) in [6, 6.07) is 10.3. The quantitative estimate of drug-likeness (QED) is 0.266. The largest absolute Gasteiger partial charge is 0.497 e. The molecular weight excluding hydrogens is 523 g/mol. The van der Waals surface area contributed by atoms with Crippen molar-refractivity contribution in [3.05, 3.63) is 47.5 Å². The molecule has 0 spiro atoms. The molecule has 0 aliphatic heterocycles. The number of benzene rings is 2. The molecule has 31 heavy (non-hydrogen) atoms. The Hall–Kier alpha value is -2.50. The van der Waals surface area contributed by atoms with Crippen molar-refractivity contribution in [3.63, 3.8) is 0 Å². The van der Waals surface area contributed by atoms with Crippen molar-refractivity contribution >= 4 is 29.9 Å². The smallest absolute Gasteiger partial charge is 0.387 e. The molecule has 0 saturated carbocycles. The molecule has 2 aromatic carbocycles. The van der Waals surface area contributed by atoms with Gasteiger partial charge in [-0.15, -0.1) is 24.0 Å². The van der Waals surface area contributed by atoms with E-state index in [0.717, 1.165) is 17.1 Å². The zero-order valence-corrected chi connectivity index (χ0v) is 20.2. The summed E-state index contributed by atoms with van der Waals surface area (Å²) in [6.45, 7) is -2.12. The second-order valence-electron chi connectivity index (χ2n) is 6.13. The molecule has 2 N–H and O–H groups in total. The van der Waals surface area contributed by atoms with Gasteiger partial charge >= 0.3 is 6.61 Å². The standard InChI is InChI=1S/C21H27F2N3O4.HI/c1-24-21(25-10-9-14-11-16(27-2)5-7-18(14)29-4)26-13-15-12-17(28-3)6-8-19(15)30-20(22)23;/h5-8,11-12,20H,9-10,13H2,1-4H3,(H2,24,25,26);1H. The molecule has 0 saturated heterocycles. The SMILES string of the molecule is CN=C(NCCc1cc(OC)ccc1OC)NCc1cc(OC)ccc1OC(F)F.I. The van der Waals surface area contributed by atoms with Crippen LogP contribution in [0.2, 0.25) is 0 Å². The number of methoxy groups -OCH3 is 3. The molecule has 0 aliphatic carbocycles. The minimum atomic E-state index is -2.91. The van der Waals surface area contributed by atoms with Crippen molar-refractivity contribution in [1.29, 1.82) is 0 Å². The lowest BCUT2D eigenvalue weighted by atomic mass is 10.1. The van der Waals surface area contributed by atoms with Gasteiger partial charge in [0.05, 0.1) is 21.3 Å². The Morgan fingerprint density at radius 1 is 0.903 bits per heavy atom. The zero-order chi connectivity index (χ0) is 21.9. The lowest BCUT2D eigenvalue weighted by Crippen LogP contribution is -2.38. The Morgan fingerprint density at radius 3 is 2.06 bits per heavy atom. The van der Waals surface area contributed by atoms with Crippen LogP contribution in [0.1, 0.15) is 11.1 Å². The fourth-order valence-corrected chi connectivity index (χ4v) is 2.82. The fraction of sp³-hybridized carbons (Fsp3) is 0.381. The third kappa shape index (κ3) is 8.27. The lowest BCUT2D eigenvalue weighted by Gasteiger charge is -2.16. The van der Waals surface area contributed by atoms with E-state index in [9.17, 15) is 8.78 Å². The second-order valence-corrected chi connectivity index (χ2v) is 6.13. The topological polar surface area (TPSA) is 73.3 Å². The summed E-state index contributed by atoms with van der Waals surface area (Å²) in [5, 5.41) is 6.28. The highest BCUT2D eigenvalue weighted by Gasteiger charge is 2.12. The molecule has 0 atom stereocenters. The van der Waals surface area contributed by atoms with Crippen molar-refractivity contribution in [2.45, 2.75) is 19.6 Å². The summed E-state index contributed by atoms with van der Waals surface area (Å²) in [4.78, 5) is 4.16. The Morgan fingerprint density at radius 2 is 1.52 bits per heavy atom. The lowest BCUT2D eigenvalue weighted by molar-refractivity contribution is -0.0504. The predicted octanol–water partition coefficient (Wildman–Crippen LogP) is 3.84. The highest BCUT2D eigenvalue weighted by molar-refractivity contribution is 14.0. The van der Waals surface area contributed by atoms with Gasteiger partial charge in [0.25, 0.3) is 0 Å². The zero-order valence-electron chi connectivity index (χ0n) is 17.9. The number of hydrogen-bond donors (Lipinski definition) is 2. The van der Waals surface area contributed by atoms with Gasteiger partial charge in [-0.05, 0) is 48.4 Å². The van der Waals surface area contributed by atoms with Crippen LogP contribution in [0.25, 0.3) is 0 Å². The maximum atomic E-state index is 12.7. The average molecular weight is 551 g/mol. The summed E-state index contributed by atoms with van der Waals surface area (Å²) >= 11 is 0. The van der Waals surface area contributed by atoms with Gasteiger partial charge in [-0.1, -0.05) is 0 Å². The van der Waals surface area contributed by atoms with Crippen LogP contribution in [-0.4, -0.2) is 47.5 Å². The molecule has 0 fully saturated rings. The summed E-state index contributed by atoms with van der Waals surface area (Å²) < 4.78 is 45.7. The predicted molar refractivity (Wildman–Crippen MR) is 126 cm³/mol. The van der Waals surface area contributed by atoms with Crippen LogP contribution in [0.3, 0.4) is 0 Å². The first-order valence-electron chi connectivity index (χ1n) is 9.27. The van der Waals surface area contributed by atoms with Gasteiger partial charge in [0.15, 0.2) is 5.96 Å². The van der Waals surface area contributed by atoms with Crippen LogP contribution in [0.5, 0.6) is 23.0 Å². The molecule has 0 aromatic heterocycles. The van der Waals surface area contributed by atoms with Crippen LogP contribution in [-0.2, 0) is 13.0 Å². The molecule has 10 heteroatoms. The van der Waals surface area contributed by atoms with Crippen molar-refractivity contribution in [2.75, 3.05) is 34.9 Å². The summed E-state index contributed by atoms with van der Waals surface area (Å²) in [6.07, 6.45) is 0.667. The molecule has 2 aromatic rings. The van der Waals surface area contributed by atoms with Crippen molar-refractivity contribution in [2.24, 2.45) is 4.99 Å². The third-order valence-corrected chi connectivity index (χ3v) is 4.33. The minimum absolute atomic E-state index is 0. The number of nitrogens with one attached hydrogen (secondary N) is 2. The third-order valence-electron chi connectivity index (χ3n) is 4.33. The van der Waals surface area contributed by atoms with E-state index in [1.165, 1.54) is 13.2 Å².